The summed E-state index contributed by atoms with van der Waals surface area (Å²) in [6.07, 6.45) is 1.24. The molecule has 37 heavy (non-hydrogen) atoms. The Labute approximate surface area is 217 Å². The molecule has 198 valence electrons. The Morgan fingerprint density at radius 1 is 0.946 bits per heavy atom. The topological polar surface area (TPSA) is 98.5 Å². The summed E-state index contributed by atoms with van der Waals surface area (Å²) in [6, 6.07) is 15.4. The predicted molar refractivity (Wildman–Crippen MR) is 138 cm³/mol. The molecule has 0 spiro atoms. The molecule has 0 aliphatic carbocycles. The van der Waals surface area contributed by atoms with Gasteiger partial charge in [0.25, 0.3) is 6.29 Å². The molecule has 0 unspecified atom stereocenters. The molecule has 4 rings (SSSR count). The Balaban J connectivity index is 1.39. The average molecular weight is 511 g/mol. The highest BCUT2D eigenvalue weighted by Crippen LogP contribution is 2.28. The number of hydrogen-bond acceptors (Lipinski definition) is 9. The third-order valence-electron chi connectivity index (χ3n) is 6.07. The Bertz CT molecular complexity index is 1130. The number of benzene rings is 2. The van der Waals surface area contributed by atoms with E-state index in [4.69, 9.17) is 28.5 Å². The Morgan fingerprint density at radius 3 is 2.32 bits per heavy atom. The fourth-order valence-corrected chi connectivity index (χ4v) is 4.26. The van der Waals surface area contributed by atoms with Crippen LogP contribution in [0.25, 0.3) is 17.1 Å². The van der Waals surface area contributed by atoms with Crippen LogP contribution in [-0.4, -0.2) is 79.1 Å². The van der Waals surface area contributed by atoms with Gasteiger partial charge >= 0.3 is 0 Å². The number of hydrogen-bond donors (Lipinski definition) is 0. The van der Waals surface area contributed by atoms with Crippen LogP contribution in [0.3, 0.4) is 0 Å². The summed E-state index contributed by atoms with van der Waals surface area (Å²) >= 11 is 0. The average Bonchev–Trinajstić information content (AvgIpc) is 3.40. The van der Waals surface area contributed by atoms with Crippen LogP contribution in [0.5, 0.6) is 5.75 Å². The third-order valence-corrected chi connectivity index (χ3v) is 6.07. The number of rotatable bonds is 11. The number of ether oxygens (including phenoxy) is 5. The van der Waals surface area contributed by atoms with Crippen molar-refractivity contribution in [3.8, 4) is 22.8 Å². The van der Waals surface area contributed by atoms with Crippen molar-refractivity contribution >= 4 is 6.21 Å². The standard InChI is InChI=1S/C27H34N4O6/c1-6-34-22-14-12-21(13-15-22)31-17-28-26(30-31)20-10-8-19(9-11-20)16-29-37-27-25(33-5)24(35-7-2)23(32-4)18(3)36-27/h8-18,23-25,27H,6-7H2,1-5H3/b29-16+/t18-,23-,24+,25+,27-/m0/s1. The molecule has 1 saturated heterocycles. The zero-order valence-electron chi connectivity index (χ0n) is 21.8. The summed E-state index contributed by atoms with van der Waals surface area (Å²) in [7, 11) is 3.22. The minimum Gasteiger partial charge on any atom is -0.494 e. The normalized spacial score (nSPS) is 23.9. The Kier molecular flexibility index (Phi) is 9.24. The van der Waals surface area contributed by atoms with Gasteiger partial charge in [-0.2, -0.15) is 0 Å². The van der Waals surface area contributed by atoms with Crippen molar-refractivity contribution in [3.05, 3.63) is 60.4 Å². The molecule has 0 amide bonds. The maximum atomic E-state index is 5.95. The molecule has 2 heterocycles. The molecule has 1 aromatic heterocycles. The second-order valence-corrected chi connectivity index (χ2v) is 8.43. The van der Waals surface area contributed by atoms with E-state index >= 15 is 0 Å². The smallest absolute Gasteiger partial charge is 0.256 e. The third kappa shape index (κ3) is 6.34. The van der Waals surface area contributed by atoms with Crippen molar-refractivity contribution in [1.82, 2.24) is 14.8 Å². The molecule has 3 aromatic rings. The van der Waals surface area contributed by atoms with Gasteiger partial charge in [0, 0.05) is 26.4 Å². The molecule has 1 aliphatic heterocycles. The van der Waals surface area contributed by atoms with E-state index in [9.17, 15) is 0 Å². The Hall–Kier alpha value is -3.31. The summed E-state index contributed by atoms with van der Waals surface area (Å²) in [5.74, 6) is 1.44. The van der Waals surface area contributed by atoms with E-state index in [1.165, 1.54) is 0 Å². The lowest BCUT2D eigenvalue weighted by molar-refractivity contribution is -0.308. The summed E-state index contributed by atoms with van der Waals surface area (Å²) in [4.78, 5) is 10.1. The van der Waals surface area contributed by atoms with Crippen LogP contribution < -0.4 is 4.74 Å². The van der Waals surface area contributed by atoms with Gasteiger partial charge in [0.2, 0.25) is 0 Å². The molecule has 0 bridgehead atoms. The van der Waals surface area contributed by atoms with Crippen LogP contribution in [0.4, 0.5) is 0 Å². The predicted octanol–water partition coefficient (Wildman–Crippen LogP) is 3.86. The zero-order chi connectivity index (χ0) is 26.2. The maximum absolute atomic E-state index is 5.95. The first-order chi connectivity index (χ1) is 18.1. The van der Waals surface area contributed by atoms with E-state index in [1.54, 1.807) is 31.4 Å². The van der Waals surface area contributed by atoms with Gasteiger partial charge < -0.3 is 28.5 Å². The Morgan fingerprint density at radius 2 is 1.68 bits per heavy atom. The molecule has 5 atom stereocenters. The van der Waals surface area contributed by atoms with Crippen molar-refractivity contribution < 1.29 is 28.5 Å². The molecule has 0 saturated carbocycles. The van der Waals surface area contributed by atoms with Gasteiger partial charge in [0.1, 0.15) is 24.3 Å². The van der Waals surface area contributed by atoms with E-state index < -0.39 is 12.4 Å². The monoisotopic (exact) mass is 510 g/mol. The zero-order valence-corrected chi connectivity index (χ0v) is 21.8. The minimum atomic E-state index is -0.728. The maximum Gasteiger partial charge on any atom is 0.256 e. The second-order valence-electron chi connectivity index (χ2n) is 8.43. The molecule has 0 N–H and O–H groups in total. The van der Waals surface area contributed by atoms with Crippen molar-refractivity contribution in [1.29, 1.82) is 0 Å². The van der Waals surface area contributed by atoms with Crippen LogP contribution in [0.15, 0.2) is 60.0 Å². The largest absolute Gasteiger partial charge is 0.494 e. The van der Waals surface area contributed by atoms with Crippen LogP contribution >= 0.6 is 0 Å². The number of oxime groups is 1. The second kappa shape index (κ2) is 12.8. The van der Waals surface area contributed by atoms with Crippen molar-refractivity contribution in [2.24, 2.45) is 5.16 Å². The molecular formula is C27H34N4O6. The highest BCUT2D eigenvalue weighted by atomic mass is 16.8. The molecule has 1 aliphatic rings. The summed E-state index contributed by atoms with van der Waals surface area (Å²) in [6.45, 7) is 6.95. The van der Waals surface area contributed by atoms with E-state index in [-0.39, 0.29) is 18.3 Å². The van der Waals surface area contributed by atoms with Crippen LogP contribution in [0.1, 0.15) is 26.3 Å². The summed E-state index contributed by atoms with van der Waals surface area (Å²) < 4.78 is 30.2. The van der Waals surface area contributed by atoms with Crippen molar-refractivity contribution in [2.75, 3.05) is 27.4 Å². The highest BCUT2D eigenvalue weighted by molar-refractivity contribution is 5.80. The lowest BCUT2D eigenvalue weighted by Crippen LogP contribution is -2.59. The van der Waals surface area contributed by atoms with Gasteiger partial charge in [-0.15, -0.1) is 5.10 Å². The SMILES string of the molecule is CCOc1ccc(-n2cnc(-c3ccc(/C=N/O[C@@H]4O[C@@H](C)[C@H](OC)[C@@H](OCC)[C@H]4OC)cc3)n2)cc1. The molecule has 1 fully saturated rings. The summed E-state index contributed by atoms with van der Waals surface area (Å²) in [5.41, 5.74) is 2.64. The molecule has 10 heteroatoms. The van der Waals surface area contributed by atoms with Gasteiger partial charge in [0.15, 0.2) is 11.9 Å². The van der Waals surface area contributed by atoms with Gasteiger partial charge in [-0.05, 0) is 50.6 Å². The minimum absolute atomic E-state index is 0.248. The fraction of sp³-hybridized carbons (Fsp3) is 0.444. The van der Waals surface area contributed by atoms with Crippen molar-refractivity contribution in [2.45, 2.75) is 51.5 Å². The highest BCUT2D eigenvalue weighted by Gasteiger charge is 2.47. The molecule has 0 radical (unpaired) electrons. The first-order valence-corrected chi connectivity index (χ1v) is 12.3. The quantitative estimate of drug-likeness (QED) is 0.283. The van der Waals surface area contributed by atoms with E-state index in [1.807, 2.05) is 69.3 Å². The number of methoxy groups -OCH3 is 2. The van der Waals surface area contributed by atoms with Gasteiger partial charge in [0.05, 0.1) is 24.6 Å². The number of aromatic nitrogens is 3. The number of nitrogens with zero attached hydrogens (tertiary/aromatic N) is 4. The van der Waals surface area contributed by atoms with Gasteiger partial charge in [-0.3, -0.25) is 0 Å². The lowest BCUT2D eigenvalue weighted by atomic mass is 9.99. The van der Waals surface area contributed by atoms with Crippen molar-refractivity contribution in [3.63, 3.8) is 0 Å². The molecule has 2 aromatic carbocycles. The van der Waals surface area contributed by atoms with E-state index in [0.717, 1.165) is 22.6 Å². The first-order valence-electron chi connectivity index (χ1n) is 12.3. The van der Waals surface area contributed by atoms with Crippen LogP contribution in [0, 0.1) is 0 Å². The van der Waals surface area contributed by atoms with Gasteiger partial charge in [-0.25, -0.2) is 9.67 Å². The molecule has 10 nitrogen and oxygen atoms in total. The first kappa shape index (κ1) is 26.7. The van der Waals surface area contributed by atoms with Gasteiger partial charge in [-0.1, -0.05) is 29.4 Å². The van der Waals surface area contributed by atoms with E-state index in [0.29, 0.717) is 19.0 Å². The van der Waals surface area contributed by atoms with Crippen LogP contribution in [0.2, 0.25) is 0 Å². The van der Waals surface area contributed by atoms with Crippen LogP contribution in [-0.2, 0) is 23.8 Å². The fourth-order valence-electron chi connectivity index (χ4n) is 4.26. The summed E-state index contributed by atoms with van der Waals surface area (Å²) in [5, 5.41) is 8.73. The van der Waals surface area contributed by atoms with E-state index in [2.05, 4.69) is 15.2 Å². The molecular weight excluding hydrogens is 476 g/mol. The lowest BCUT2D eigenvalue weighted by Gasteiger charge is -2.42.